The van der Waals surface area contributed by atoms with Crippen molar-refractivity contribution in [3.8, 4) is 5.75 Å². The molecule has 6 heteroatoms. The molecule has 0 N–H and O–H groups in total. The summed E-state index contributed by atoms with van der Waals surface area (Å²) in [5.41, 5.74) is 8.97. The normalized spacial score (nSPS) is 9.08. The van der Waals surface area contributed by atoms with Crippen molar-refractivity contribution in [2.45, 2.75) is 6.54 Å². The third-order valence-corrected chi connectivity index (χ3v) is 2.16. The Bertz CT molecular complexity index is 348. The summed E-state index contributed by atoms with van der Waals surface area (Å²) in [4.78, 5) is 6.59. The van der Waals surface area contributed by atoms with E-state index in [1.165, 1.54) is 0 Å². The van der Waals surface area contributed by atoms with E-state index in [0.717, 1.165) is 10.0 Å². The van der Waals surface area contributed by atoms with Crippen molar-refractivity contribution in [3.63, 3.8) is 0 Å². The molecule has 1 aromatic rings. The molecule has 0 aromatic carbocycles. The molecular formula is C7H7BrN4O. The molecule has 1 aromatic heterocycles. The smallest absolute Gasteiger partial charge is 0.141 e. The third kappa shape index (κ3) is 2.34. The van der Waals surface area contributed by atoms with Crippen molar-refractivity contribution < 1.29 is 4.74 Å². The van der Waals surface area contributed by atoms with Gasteiger partial charge in [0.05, 0.1) is 19.9 Å². The molecule has 5 nitrogen and oxygen atoms in total. The van der Waals surface area contributed by atoms with Crippen molar-refractivity contribution in [2.75, 3.05) is 7.11 Å². The minimum absolute atomic E-state index is 0.253. The Balaban J connectivity index is 3.06. The maximum Gasteiger partial charge on any atom is 0.141 e. The Morgan fingerprint density at radius 2 is 2.46 bits per heavy atom. The van der Waals surface area contributed by atoms with Crippen LogP contribution in [0.3, 0.4) is 0 Å². The molecule has 0 amide bonds. The number of methoxy groups -OCH3 is 1. The van der Waals surface area contributed by atoms with Crippen molar-refractivity contribution >= 4 is 15.9 Å². The lowest BCUT2D eigenvalue weighted by atomic mass is 10.2. The lowest BCUT2D eigenvalue weighted by molar-refractivity contribution is 0.407. The van der Waals surface area contributed by atoms with Crippen LogP contribution in [-0.4, -0.2) is 12.1 Å². The molecule has 0 saturated carbocycles. The number of halogens is 1. The molecule has 0 aliphatic carbocycles. The molecule has 0 fully saturated rings. The fourth-order valence-electron chi connectivity index (χ4n) is 0.876. The molecule has 0 aliphatic heterocycles. The van der Waals surface area contributed by atoms with Gasteiger partial charge in [-0.25, -0.2) is 0 Å². The highest BCUT2D eigenvalue weighted by Crippen LogP contribution is 2.25. The summed E-state index contributed by atoms with van der Waals surface area (Å²) < 4.78 is 5.82. The van der Waals surface area contributed by atoms with E-state index in [9.17, 15) is 0 Å². The molecule has 0 radical (unpaired) electrons. The molecule has 0 spiro atoms. The Kier molecular flexibility index (Phi) is 3.54. The number of rotatable bonds is 3. The van der Waals surface area contributed by atoms with Crippen LogP contribution < -0.4 is 4.74 Å². The number of azide groups is 1. The summed E-state index contributed by atoms with van der Waals surface area (Å²) in [5, 5.41) is 3.45. The van der Waals surface area contributed by atoms with Gasteiger partial charge in [-0.1, -0.05) is 5.11 Å². The predicted molar refractivity (Wildman–Crippen MR) is 51.3 cm³/mol. The van der Waals surface area contributed by atoms with E-state index in [0.29, 0.717) is 5.75 Å². The second kappa shape index (κ2) is 4.69. The Morgan fingerprint density at radius 3 is 3.08 bits per heavy atom. The summed E-state index contributed by atoms with van der Waals surface area (Å²) >= 11 is 3.29. The third-order valence-electron chi connectivity index (χ3n) is 1.48. The highest BCUT2D eigenvalue weighted by atomic mass is 79.9. The van der Waals surface area contributed by atoms with Crippen molar-refractivity contribution in [1.29, 1.82) is 0 Å². The summed E-state index contributed by atoms with van der Waals surface area (Å²) in [5.74, 6) is 0.613. The Morgan fingerprint density at radius 1 is 1.69 bits per heavy atom. The van der Waals surface area contributed by atoms with Crippen LogP contribution in [0.15, 0.2) is 22.0 Å². The monoisotopic (exact) mass is 242 g/mol. The zero-order valence-corrected chi connectivity index (χ0v) is 8.52. The fourth-order valence-corrected chi connectivity index (χ4v) is 1.31. The van der Waals surface area contributed by atoms with E-state index in [-0.39, 0.29) is 6.54 Å². The Labute approximate surface area is 83.5 Å². The largest absolute Gasteiger partial charge is 0.495 e. The number of hydrogen-bond acceptors (Lipinski definition) is 3. The first-order valence-electron chi connectivity index (χ1n) is 3.46. The van der Waals surface area contributed by atoms with Gasteiger partial charge in [0.1, 0.15) is 5.75 Å². The first-order valence-corrected chi connectivity index (χ1v) is 4.26. The van der Waals surface area contributed by atoms with Crippen molar-refractivity contribution in [1.82, 2.24) is 4.98 Å². The number of aromatic nitrogens is 1. The van der Waals surface area contributed by atoms with E-state index >= 15 is 0 Å². The summed E-state index contributed by atoms with van der Waals surface area (Å²) in [6, 6.07) is 0. The molecule has 68 valence electrons. The highest BCUT2D eigenvalue weighted by Gasteiger charge is 2.05. The molecule has 0 atom stereocenters. The maximum absolute atomic E-state index is 8.17. The minimum Gasteiger partial charge on any atom is -0.495 e. The van der Waals surface area contributed by atoms with Crippen LogP contribution >= 0.6 is 15.9 Å². The lowest BCUT2D eigenvalue weighted by Crippen LogP contribution is -1.92. The second-order valence-electron chi connectivity index (χ2n) is 2.19. The van der Waals surface area contributed by atoms with Gasteiger partial charge in [0, 0.05) is 21.1 Å². The van der Waals surface area contributed by atoms with Crippen molar-refractivity contribution in [2.24, 2.45) is 5.11 Å². The van der Waals surface area contributed by atoms with Crippen LogP contribution in [0.5, 0.6) is 5.75 Å². The standard InChI is InChI=1S/C7H7BrN4O/c1-13-7-4-10-3-6(8)5(7)2-11-12-9/h3-4H,2H2,1H3. The molecule has 13 heavy (non-hydrogen) atoms. The first kappa shape index (κ1) is 9.83. The summed E-state index contributed by atoms with van der Waals surface area (Å²) in [6.07, 6.45) is 3.21. The molecule has 1 heterocycles. The zero-order chi connectivity index (χ0) is 9.68. The quantitative estimate of drug-likeness (QED) is 0.465. The molecule has 0 saturated heterocycles. The first-order chi connectivity index (χ1) is 6.29. The van der Waals surface area contributed by atoms with Gasteiger partial charge < -0.3 is 4.74 Å². The van der Waals surface area contributed by atoms with Gasteiger partial charge >= 0.3 is 0 Å². The van der Waals surface area contributed by atoms with Crippen LogP contribution in [0, 0.1) is 0 Å². The van der Waals surface area contributed by atoms with E-state index in [2.05, 4.69) is 30.9 Å². The molecule has 0 aliphatic rings. The summed E-state index contributed by atoms with van der Waals surface area (Å²) in [6.45, 7) is 0.253. The van der Waals surface area contributed by atoms with Gasteiger partial charge in [0.25, 0.3) is 0 Å². The van der Waals surface area contributed by atoms with Crippen LogP contribution in [0.1, 0.15) is 5.56 Å². The van der Waals surface area contributed by atoms with Gasteiger partial charge in [-0.3, -0.25) is 4.98 Å². The highest BCUT2D eigenvalue weighted by molar-refractivity contribution is 9.10. The topological polar surface area (TPSA) is 70.9 Å². The maximum atomic E-state index is 8.17. The van der Waals surface area contributed by atoms with E-state index < -0.39 is 0 Å². The number of pyridine rings is 1. The number of nitrogens with zero attached hydrogens (tertiary/aromatic N) is 4. The van der Waals surface area contributed by atoms with Crippen LogP contribution in [0.25, 0.3) is 10.4 Å². The zero-order valence-electron chi connectivity index (χ0n) is 6.94. The Hall–Kier alpha value is -1.26. The van der Waals surface area contributed by atoms with Gasteiger partial charge in [-0.15, -0.1) is 0 Å². The lowest BCUT2D eigenvalue weighted by Gasteiger charge is -2.06. The molecule has 0 unspecified atom stereocenters. The molecule has 0 bridgehead atoms. The minimum atomic E-state index is 0.253. The average molecular weight is 243 g/mol. The number of ether oxygens (including phenoxy) is 1. The predicted octanol–water partition coefficient (Wildman–Crippen LogP) is 2.66. The SMILES string of the molecule is COc1cncc(Br)c1CN=[N+]=[N-]. The van der Waals surface area contributed by atoms with Crippen molar-refractivity contribution in [3.05, 3.63) is 32.9 Å². The van der Waals surface area contributed by atoms with E-state index in [4.69, 9.17) is 10.3 Å². The van der Waals surface area contributed by atoms with Gasteiger partial charge in [0.2, 0.25) is 0 Å². The van der Waals surface area contributed by atoms with E-state index in [1.807, 2.05) is 0 Å². The van der Waals surface area contributed by atoms with Crippen LogP contribution in [0.2, 0.25) is 0 Å². The van der Waals surface area contributed by atoms with Gasteiger partial charge in [-0.05, 0) is 21.5 Å². The average Bonchev–Trinajstić information content (AvgIpc) is 2.15. The van der Waals surface area contributed by atoms with Gasteiger partial charge in [0.15, 0.2) is 0 Å². The summed E-state index contributed by atoms with van der Waals surface area (Å²) in [7, 11) is 1.54. The van der Waals surface area contributed by atoms with Gasteiger partial charge in [-0.2, -0.15) is 0 Å². The second-order valence-corrected chi connectivity index (χ2v) is 3.05. The van der Waals surface area contributed by atoms with Crippen LogP contribution in [0.4, 0.5) is 0 Å². The van der Waals surface area contributed by atoms with Crippen LogP contribution in [-0.2, 0) is 6.54 Å². The fraction of sp³-hybridized carbons (Fsp3) is 0.286. The van der Waals surface area contributed by atoms with E-state index in [1.54, 1.807) is 19.5 Å². The number of hydrogen-bond donors (Lipinski definition) is 0. The molecular weight excluding hydrogens is 236 g/mol. The molecule has 1 rings (SSSR count).